The second-order valence-electron chi connectivity index (χ2n) is 4.39. The molecule has 0 saturated carbocycles. The molecule has 2 N–H and O–H groups in total. The van der Waals surface area contributed by atoms with Crippen molar-refractivity contribution in [2.75, 3.05) is 5.32 Å². The van der Waals surface area contributed by atoms with Gasteiger partial charge in [0.25, 0.3) is 5.91 Å². The van der Waals surface area contributed by atoms with Crippen molar-refractivity contribution in [1.82, 2.24) is 5.43 Å². The van der Waals surface area contributed by atoms with E-state index in [-0.39, 0.29) is 11.7 Å². The normalized spacial score (nSPS) is 10.5. The fourth-order valence-electron chi connectivity index (χ4n) is 1.67. The van der Waals surface area contributed by atoms with E-state index in [0.717, 1.165) is 6.21 Å². The van der Waals surface area contributed by atoms with E-state index in [1.54, 1.807) is 18.2 Å². The molecule has 0 saturated heterocycles. The first kappa shape index (κ1) is 15.9. The van der Waals surface area contributed by atoms with Crippen LogP contribution in [0.1, 0.15) is 23.0 Å². The second kappa shape index (κ2) is 6.98. The summed E-state index contributed by atoms with van der Waals surface area (Å²) in [5.41, 5.74) is 3.03. The summed E-state index contributed by atoms with van der Waals surface area (Å²) in [4.78, 5) is 32.7. The number of benzene rings is 1. The minimum Gasteiger partial charge on any atom is -0.400 e. The lowest BCUT2D eigenvalue weighted by molar-refractivity contribution is -0.402. The molecule has 0 spiro atoms. The molecule has 0 radical (unpaired) electrons. The number of anilines is 1. The Hall–Kier alpha value is -3.49. The van der Waals surface area contributed by atoms with Gasteiger partial charge in [0.1, 0.15) is 4.92 Å². The summed E-state index contributed by atoms with van der Waals surface area (Å²) in [5, 5.41) is 16.7. The smallest absolute Gasteiger partial charge is 0.400 e. The zero-order chi connectivity index (χ0) is 16.8. The Morgan fingerprint density at radius 1 is 1.30 bits per heavy atom. The van der Waals surface area contributed by atoms with Gasteiger partial charge in [0.2, 0.25) is 5.91 Å². The predicted octanol–water partition coefficient (Wildman–Crippen LogP) is 1.91. The molecule has 1 aromatic carbocycles. The summed E-state index contributed by atoms with van der Waals surface area (Å²) in [7, 11) is 0. The highest BCUT2D eigenvalue weighted by atomic mass is 16.6. The molecule has 0 unspecified atom stereocenters. The number of amides is 2. The van der Waals surface area contributed by atoms with Crippen molar-refractivity contribution in [1.29, 1.82) is 0 Å². The van der Waals surface area contributed by atoms with Crippen LogP contribution in [-0.4, -0.2) is 23.0 Å². The lowest BCUT2D eigenvalue weighted by atomic mass is 10.2. The number of carbonyl (C=O) groups is 2. The van der Waals surface area contributed by atoms with E-state index in [4.69, 9.17) is 4.42 Å². The zero-order valence-electron chi connectivity index (χ0n) is 12.0. The minimum atomic E-state index is -0.677. The van der Waals surface area contributed by atoms with E-state index in [2.05, 4.69) is 15.8 Å². The Bertz CT molecular complexity index is 781. The molecular weight excluding hydrogens is 304 g/mol. The van der Waals surface area contributed by atoms with Gasteiger partial charge in [-0.15, -0.1) is 0 Å². The number of nitrogens with zero attached hydrogens (tertiary/aromatic N) is 2. The van der Waals surface area contributed by atoms with E-state index in [1.807, 2.05) is 0 Å². The second-order valence-corrected chi connectivity index (χ2v) is 4.39. The summed E-state index contributed by atoms with van der Waals surface area (Å²) in [6.07, 6.45) is 1.14. The summed E-state index contributed by atoms with van der Waals surface area (Å²) in [6.45, 7) is 1.36. The average Bonchev–Trinajstić information content (AvgIpc) is 2.96. The monoisotopic (exact) mass is 316 g/mol. The van der Waals surface area contributed by atoms with Gasteiger partial charge >= 0.3 is 5.88 Å². The minimum absolute atomic E-state index is 0.129. The molecule has 0 aliphatic heterocycles. The molecule has 9 nitrogen and oxygen atoms in total. The van der Waals surface area contributed by atoms with Crippen molar-refractivity contribution in [2.45, 2.75) is 6.92 Å². The van der Waals surface area contributed by atoms with Gasteiger partial charge in [0, 0.05) is 18.2 Å². The standard InChI is InChI=1S/C14H12N4O5/c1-9(19)16-11-4-2-3-10(7-11)14(20)17-15-8-12-5-6-13(23-12)18(21)22/h2-8H,1H3,(H,16,19)(H,17,20). The maximum atomic E-state index is 11.9. The molecule has 118 valence electrons. The SMILES string of the molecule is CC(=O)Nc1cccc(C(=O)NN=Cc2ccc([N+](=O)[O-])o2)c1. The van der Waals surface area contributed by atoms with Gasteiger partial charge in [-0.05, 0) is 24.3 Å². The lowest BCUT2D eigenvalue weighted by Crippen LogP contribution is -2.18. The van der Waals surface area contributed by atoms with Crippen LogP contribution in [0, 0.1) is 10.1 Å². The fourth-order valence-corrected chi connectivity index (χ4v) is 1.67. The first-order valence-electron chi connectivity index (χ1n) is 6.41. The molecule has 2 amide bonds. The van der Waals surface area contributed by atoms with Crippen LogP contribution in [0.3, 0.4) is 0 Å². The number of nitrogens with one attached hydrogen (secondary N) is 2. The van der Waals surface area contributed by atoms with Gasteiger partial charge in [-0.2, -0.15) is 5.10 Å². The van der Waals surface area contributed by atoms with E-state index < -0.39 is 16.7 Å². The molecule has 9 heteroatoms. The topological polar surface area (TPSA) is 127 Å². The van der Waals surface area contributed by atoms with Crippen LogP contribution >= 0.6 is 0 Å². The first-order chi connectivity index (χ1) is 11.0. The van der Waals surface area contributed by atoms with Crippen LogP contribution < -0.4 is 10.7 Å². The molecule has 1 aromatic heterocycles. The third kappa shape index (κ3) is 4.49. The van der Waals surface area contributed by atoms with Gasteiger partial charge < -0.3 is 9.73 Å². The molecule has 23 heavy (non-hydrogen) atoms. The maximum absolute atomic E-state index is 11.9. The Balaban J connectivity index is 1.99. The Labute approximate surface area is 130 Å². The number of hydrogen-bond donors (Lipinski definition) is 2. The van der Waals surface area contributed by atoms with Crippen molar-refractivity contribution in [3.05, 3.63) is 57.8 Å². The number of hydrogen-bond acceptors (Lipinski definition) is 6. The van der Waals surface area contributed by atoms with Crippen molar-refractivity contribution >= 4 is 29.6 Å². The van der Waals surface area contributed by atoms with Crippen LogP contribution in [0.15, 0.2) is 45.9 Å². The number of nitro groups is 1. The number of rotatable bonds is 5. The van der Waals surface area contributed by atoms with Gasteiger partial charge in [0.15, 0.2) is 5.76 Å². The quantitative estimate of drug-likeness (QED) is 0.495. The third-order valence-electron chi connectivity index (χ3n) is 2.60. The fraction of sp³-hybridized carbons (Fsp3) is 0.0714. The van der Waals surface area contributed by atoms with Crippen molar-refractivity contribution in [3.63, 3.8) is 0 Å². The van der Waals surface area contributed by atoms with Crippen molar-refractivity contribution in [3.8, 4) is 0 Å². The van der Waals surface area contributed by atoms with E-state index in [9.17, 15) is 19.7 Å². The van der Waals surface area contributed by atoms with Crippen LogP contribution in [0.5, 0.6) is 0 Å². The lowest BCUT2D eigenvalue weighted by Gasteiger charge is -2.04. The molecular formula is C14H12N4O5. The summed E-state index contributed by atoms with van der Waals surface area (Å²) < 4.78 is 4.85. The maximum Gasteiger partial charge on any atom is 0.433 e. The molecule has 0 aliphatic carbocycles. The number of hydrazone groups is 1. The number of carbonyl (C=O) groups excluding carboxylic acids is 2. The van der Waals surface area contributed by atoms with Crippen LogP contribution in [0.25, 0.3) is 0 Å². The Morgan fingerprint density at radius 3 is 2.74 bits per heavy atom. The molecule has 2 aromatic rings. The van der Waals surface area contributed by atoms with E-state index in [1.165, 1.54) is 25.1 Å². The summed E-state index contributed by atoms with van der Waals surface area (Å²) in [6, 6.07) is 8.83. The highest BCUT2D eigenvalue weighted by Gasteiger charge is 2.10. The number of furan rings is 1. The molecule has 0 bridgehead atoms. The third-order valence-corrected chi connectivity index (χ3v) is 2.60. The van der Waals surface area contributed by atoms with Crippen LogP contribution in [0.4, 0.5) is 11.6 Å². The molecule has 1 heterocycles. The van der Waals surface area contributed by atoms with Crippen molar-refractivity contribution in [2.24, 2.45) is 5.10 Å². The van der Waals surface area contributed by atoms with Crippen LogP contribution in [-0.2, 0) is 4.79 Å². The van der Waals surface area contributed by atoms with Gasteiger partial charge in [-0.1, -0.05) is 6.07 Å². The van der Waals surface area contributed by atoms with Gasteiger partial charge in [0.05, 0.1) is 12.3 Å². The molecule has 0 atom stereocenters. The molecule has 0 aliphatic rings. The zero-order valence-corrected chi connectivity index (χ0v) is 12.0. The van der Waals surface area contributed by atoms with Crippen LogP contribution in [0.2, 0.25) is 0 Å². The highest BCUT2D eigenvalue weighted by molar-refractivity contribution is 5.97. The largest absolute Gasteiger partial charge is 0.433 e. The molecule has 2 rings (SSSR count). The Kier molecular flexibility index (Phi) is 4.82. The highest BCUT2D eigenvalue weighted by Crippen LogP contribution is 2.14. The van der Waals surface area contributed by atoms with E-state index in [0.29, 0.717) is 11.3 Å². The van der Waals surface area contributed by atoms with Gasteiger partial charge in [-0.25, -0.2) is 5.43 Å². The predicted molar refractivity (Wildman–Crippen MR) is 81.2 cm³/mol. The first-order valence-corrected chi connectivity index (χ1v) is 6.41. The summed E-state index contributed by atoms with van der Waals surface area (Å²) in [5.74, 6) is -1.04. The average molecular weight is 316 g/mol. The Morgan fingerprint density at radius 2 is 2.09 bits per heavy atom. The van der Waals surface area contributed by atoms with Gasteiger partial charge in [-0.3, -0.25) is 19.7 Å². The van der Waals surface area contributed by atoms with Crippen molar-refractivity contribution < 1.29 is 18.9 Å². The summed E-state index contributed by atoms with van der Waals surface area (Å²) >= 11 is 0. The van der Waals surface area contributed by atoms with E-state index >= 15 is 0 Å². The molecule has 0 fully saturated rings.